The number of hydrogen-bond acceptors (Lipinski definition) is 5. The average Bonchev–Trinajstić information content (AvgIpc) is 2.31. The molecule has 1 aliphatic rings. The highest BCUT2D eigenvalue weighted by molar-refractivity contribution is 9.10. The van der Waals surface area contributed by atoms with Crippen LogP contribution in [0.1, 0.15) is 11.9 Å². The molecule has 1 aliphatic heterocycles. The van der Waals surface area contributed by atoms with Crippen LogP contribution in [0.15, 0.2) is 10.7 Å². The Hall–Kier alpha value is -0.330. The zero-order valence-electron chi connectivity index (χ0n) is 9.40. The van der Waals surface area contributed by atoms with Crippen molar-refractivity contribution in [2.75, 3.05) is 37.5 Å². The molecule has 0 radical (unpaired) electrons. The number of aromatic nitrogens is 2. The fraction of sp³-hybridized carbons (Fsp3) is 0.600. The highest BCUT2D eigenvalue weighted by atomic mass is 79.9. The van der Waals surface area contributed by atoms with E-state index in [1.807, 2.05) is 25.0 Å². The highest BCUT2D eigenvalue weighted by Crippen LogP contribution is 2.28. The number of anilines is 1. The molecular formula is C10H15BrN4S. The van der Waals surface area contributed by atoms with Gasteiger partial charge in [0, 0.05) is 31.3 Å². The van der Waals surface area contributed by atoms with Crippen LogP contribution in [-0.4, -0.2) is 47.0 Å². The summed E-state index contributed by atoms with van der Waals surface area (Å²) >= 11 is 5.39. The first-order valence-corrected chi connectivity index (χ1v) is 7.15. The van der Waals surface area contributed by atoms with Crippen LogP contribution >= 0.6 is 27.7 Å². The van der Waals surface area contributed by atoms with E-state index >= 15 is 0 Å². The lowest BCUT2D eigenvalue weighted by Crippen LogP contribution is -2.33. The predicted molar refractivity (Wildman–Crippen MR) is 72.0 cm³/mol. The molecule has 1 aromatic rings. The lowest BCUT2D eigenvalue weighted by atomic mass is 10.2. The van der Waals surface area contributed by atoms with E-state index in [2.05, 4.69) is 43.2 Å². The number of nitrogens with zero attached hydrogens (tertiary/aromatic N) is 3. The van der Waals surface area contributed by atoms with E-state index in [0.717, 1.165) is 28.4 Å². The van der Waals surface area contributed by atoms with Gasteiger partial charge in [-0.3, -0.25) is 4.90 Å². The minimum Gasteiger partial charge on any atom is -0.372 e. The van der Waals surface area contributed by atoms with Crippen LogP contribution in [0.5, 0.6) is 0 Å². The molecule has 6 heteroatoms. The van der Waals surface area contributed by atoms with Crippen LogP contribution < -0.4 is 5.32 Å². The van der Waals surface area contributed by atoms with Crippen LogP contribution in [-0.2, 0) is 0 Å². The molecule has 0 aromatic carbocycles. The van der Waals surface area contributed by atoms with E-state index < -0.39 is 0 Å². The van der Waals surface area contributed by atoms with Crippen molar-refractivity contribution >= 4 is 33.5 Å². The fourth-order valence-electron chi connectivity index (χ4n) is 1.67. The Labute approximate surface area is 108 Å². The van der Waals surface area contributed by atoms with Crippen LogP contribution in [0.4, 0.5) is 5.82 Å². The first-order valence-electron chi connectivity index (χ1n) is 5.20. The summed E-state index contributed by atoms with van der Waals surface area (Å²) in [6.07, 6.45) is 1.82. The second-order valence-corrected chi connectivity index (χ2v) is 5.75. The minimum atomic E-state index is 0.332. The summed E-state index contributed by atoms with van der Waals surface area (Å²) in [6, 6.07) is 0.332. The molecule has 2 heterocycles. The van der Waals surface area contributed by atoms with Crippen molar-refractivity contribution in [3.8, 4) is 0 Å². The van der Waals surface area contributed by atoms with Crippen molar-refractivity contribution in [1.29, 1.82) is 0 Å². The van der Waals surface area contributed by atoms with E-state index in [1.165, 1.54) is 5.75 Å². The van der Waals surface area contributed by atoms with Gasteiger partial charge in [-0.25, -0.2) is 9.97 Å². The van der Waals surface area contributed by atoms with Gasteiger partial charge in [0.2, 0.25) is 0 Å². The van der Waals surface area contributed by atoms with Gasteiger partial charge in [0.05, 0.1) is 10.5 Å². The average molecular weight is 303 g/mol. The lowest BCUT2D eigenvalue weighted by molar-refractivity contribution is 0.264. The van der Waals surface area contributed by atoms with Crippen LogP contribution in [0.3, 0.4) is 0 Å². The van der Waals surface area contributed by atoms with E-state index in [-0.39, 0.29) is 0 Å². The fourth-order valence-corrected chi connectivity index (χ4v) is 3.27. The highest BCUT2D eigenvalue weighted by Gasteiger charge is 2.23. The van der Waals surface area contributed by atoms with Crippen molar-refractivity contribution < 1.29 is 0 Å². The zero-order chi connectivity index (χ0) is 11.5. The molecule has 1 unspecified atom stereocenters. The van der Waals surface area contributed by atoms with Gasteiger partial charge >= 0.3 is 0 Å². The maximum absolute atomic E-state index is 4.54. The van der Waals surface area contributed by atoms with Crippen molar-refractivity contribution in [1.82, 2.24) is 14.9 Å². The molecule has 16 heavy (non-hydrogen) atoms. The van der Waals surface area contributed by atoms with Crippen LogP contribution in [0, 0.1) is 0 Å². The molecule has 1 atom stereocenters. The molecule has 0 spiro atoms. The summed E-state index contributed by atoms with van der Waals surface area (Å²) in [5, 5.41) is 3.07. The van der Waals surface area contributed by atoms with E-state index in [0.29, 0.717) is 6.04 Å². The SMILES string of the molecule is CNc1nc(C2CSCCN2C)ncc1Br. The van der Waals surface area contributed by atoms with Crippen LogP contribution in [0.2, 0.25) is 0 Å². The summed E-state index contributed by atoms with van der Waals surface area (Å²) in [5.41, 5.74) is 0. The maximum atomic E-state index is 4.54. The Kier molecular flexibility index (Phi) is 4.05. The summed E-state index contributed by atoms with van der Waals surface area (Å²) in [4.78, 5) is 11.3. The molecular weight excluding hydrogens is 288 g/mol. The molecule has 1 aromatic heterocycles. The second-order valence-electron chi connectivity index (χ2n) is 3.75. The topological polar surface area (TPSA) is 41.1 Å². The quantitative estimate of drug-likeness (QED) is 0.905. The van der Waals surface area contributed by atoms with Crippen molar-refractivity contribution in [3.05, 3.63) is 16.5 Å². The molecule has 1 saturated heterocycles. The van der Waals surface area contributed by atoms with Crippen molar-refractivity contribution in [2.24, 2.45) is 0 Å². The largest absolute Gasteiger partial charge is 0.372 e. The molecule has 4 nitrogen and oxygen atoms in total. The van der Waals surface area contributed by atoms with Gasteiger partial charge < -0.3 is 5.32 Å². The summed E-state index contributed by atoms with van der Waals surface area (Å²) in [5.74, 6) is 4.03. The van der Waals surface area contributed by atoms with E-state index in [1.54, 1.807) is 0 Å². The smallest absolute Gasteiger partial charge is 0.148 e. The first-order chi connectivity index (χ1) is 7.72. The molecule has 0 saturated carbocycles. The monoisotopic (exact) mass is 302 g/mol. The van der Waals surface area contributed by atoms with Gasteiger partial charge in [-0.1, -0.05) is 0 Å². The molecule has 0 aliphatic carbocycles. The van der Waals surface area contributed by atoms with Crippen molar-refractivity contribution in [3.63, 3.8) is 0 Å². The Morgan fingerprint density at radius 1 is 1.62 bits per heavy atom. The first kappa shape index (κ1) is 12.1. The molecule has 0 bridgehead atoms. The van der Waals surface area contributed by atoms with Crippen molar-refractivity contribution in [2.45, 2.75) is 6.04 Å². The Morgan fingerprint density at radius 2 is 2.44 bits per heavy atom. The van der Waals surface area contributed by atoms with Gasteiger partial charge in [0.1, 0.15) is 11.6 Å². The minimum absolute atomic E-state index is 0.332. The maximum Gasteiger partial charge on any atom is 0.148 e. The number of thioether (sulfide) groups is 1. The number of nitrogens with one attached hydrogen (secondary N) is 1. The summed E-state index contributed by atoms with van der Waals surface area (Å²) < 4.78 is 0.907. The normalized spacial score (nSPS) is 22.1. The Morgan fingerprint density at radius 3 is 3.12 bits per heavy atom. The van der Waals surface area contributed by atoms with Gasteiger partial charge in [-0.05, 0) is 23.0 Å². The summed E-state index contributed by atoms with van der Waals surface area (Å²) in [7, 11) is 4.01. The predicted octanol–water partition coefficient (Wildman–Crippen LogP) is 2.00. The van der Waals surface area contributed by atoms with Gasteiger partial charge in [0.25, 0.3) is 0 Å². The number of halogens is 1. The Balaban J connectivity index is 2.25. The zero-order valence-corrected chi connectivity index (χ0v) is 11.8. The lowest BCUT2D eigenvalue weighted by Gasteiger charge is -2.30. The standard InChI is InChI=1S/C10H15BrN4S/c1-12-9-7(11)5-13-10(14-9)8-6-16-4-3-15(8)2/h5,8H,3-4,6H2,1-2H3,(H,12,13,14). The number of rotatable bonds is 2. The van der Waals surface area contributed by atoms with Gasteiger partial charge in [-0.15, -0.1) is 0 Å². The van der Waals surface area contributed by atoms with E-state index in [9.17, 15) is 0 Å². The summed E-state index contributed by atoms with van der Waals surface area (Å²) in [6.45, 7) is 1.10. The molecule has 2 rings (SSSR count). The molecule has 1 N–H and O–H groups in total. The van der Waals surface area contributed by atoms with Gasteiger partial charge in [-0.2, -0.15) is 11.8 Å². The Bertz CT molecular complexity index is 374. The third-order valence-electron chi connectivity index (χ3n) is 2.69. The van der Waals surface area contributed by atoms with Gasteiger partial charge in [0.15, 0.2) is 0 Å². The number of hydrogen-bond donors (Lipinski definition) is 1. The molecule has 0 amide bonds. The van der Waals surface area contributed by atoms with E-state index in [4.69, 9.17) is 0 Å². The third kappa shape index (κ3) is 2.49. The second kappa shape index (κ2) is 5.33. The molecule has 88 valence electrons. The van der Waals surface area contributed by atoms with Crippen LogP contribution in [0.25, 0.3) is 0 Å². The molecule has 1 fully saturated rings. The third-order valence-corrected chi connectivity index (χ3v) is 4.30.